The zero-order chi connectivity index (χ0) is 11.8. The lowest BCUT2D eigenvalue weighted by Gasteiger charge is -2.10. The minimum Gasteiger partial charge on any atom is -0.282 e. The number of hydrogen-bond acceptors (Lipinski definition) is 1. The molecule has 3 heteroatoms. The smallest absolute Gasteiger partial charge is 0.123 e. The molecule has 1 aliphatic carbocycles. The third-order valence-electron chi connectivity index (χ3n) is 3.60. The fraction of sp³-hybridized carbons (Fsp3) is 0.357. The van der Waals surface area contributed by atoms with Crippen molar-refractivity contribution in [3.63, 3.8) is 0 Å². The summed E-state index contributed by atoms with van der Waals surface area (Å²) in [6, 6.07) is 6.80. The van der Waals surface area contributed by atoms with E-state index in [9.17, 15) is 4.39 Å². The van der Waals surface area contributed by atoms with E-state index in [0.29, 0.717) is 0 Å². The van der Waals surface area contributed by atoms with Crippen LogP contribution in [0.1, 0.15) is 41.8 Å². The van der Waals surface area contributed by atoms with Crippen LogP contribution >= 0.6 is 0 Å². The number of hydrogen-bond donors (Lipinski definition) is 1. The minimum atomic E-state index is -0.179. The zero-order valence-electron chi connectivity index (χ0n) is 9.83. The maximum atomic E-state index is 13.2. The highest BCUT2D eigenvalue weighted by molar-refractivity contribution is 5.37. The molecule has 0 saturated carbocycles. The van der Waals surface area contributed by atoms with Crippen molar-refractivity contribution in [2.75, 3.05) is 0 Å². The summed E-state index contributed by atoms with van der Waals surface area (Å²) in [5.74, 6) is -0.0228. The molecule has 1 atom stereocenters. The van der Waals surface area contributed by atoms with E-state index in [1.165, 1.54) is 23.7 Å². The van der Waals surface area contributed by atoms with Crippen LogP contribution in [-0.2, 0) is 12.8 Å². The van der Waals surface area contributed by atoms with Gasteiger partial charge in [-0.25, -0.2) is 4.39 Å². The third-order valence-corrected chi connectivity index (χ3v) is 3.60. The molecular weight excluding hydrogens is 215 g/mol. The molecule has 1 aliphatic rings. The lowest BCUT2D eigenvalue weighted by atomic mass is 9.94. The Balaban J connectivity index is 1.98. The van der Waals surface area contributed by atoms with E-state index in [-0.39, 0.29) is 11.7 Å². The van der Waals surface area contributed by atoms with Gasteiger partial charge in [0.25, 0.3) is 0 Å². The van der Waals surface area contributed by atoms with E-state index in [0.717, 1.165) is 24.1 Å². The van der Waals surface area contributed by atoms with Gasteiger partial charge in [-0.15, -0.1) is 0 Å². The first-order valence-corrected chi connectivity index (χ1v) is 6.07. The van der Waals surface area contributed by atoms with E-state index in [4.69, 9.17) is 0 Å². The Morgan fingerprint density at radius 3 is 3.06 bits per heavy atom. The molecule has 0 aliphatic heterocycles. The molecule has 1 aromatic heterocycles. The first kappa shape index (κ1) is 10.5. The van der Waals surface area contributed by atoms with Crippen LogP contribution in [0.3, 0.4) is 0 Å². The van der Waals surface area contributed by atoms with Crippen molar-refractivity contribution in [1.29, 1.82) is 0 Å². The van der Waals surface area contributed by atoms with E-state index in [2.05, 4.69) is 17.1 Å². The first-order valence-electron chi connectivity index (χ1n) is 6.07. The molecule has 1 heterocycles. The molecule has 0 saturated heterocycles. The average Bonchev–Trinajstić information content (AvgIpc) is 2.89. The Hall–Kier alpha value is -1.64. The molecule has 88 valence electrons. The van der Waals surface area contributed by atoms with E-state index in [1.807, 2.05) is 6.07 Å². The summed E-state index contributed by atoms with van der Waals surface area (Å²) < 4.78 is 13.2. The van der Waals surface area contributed by atoms with E-state index < -0.39 is 0 Å². The molecule has 0 spiro atoms. The summed E-state index contributed by atoms with van der Waals surface area (Å²) in [4.78, 5) is 0. The van der Waals surface area contributed by atoms with Crippen molar-refractivity contribution in [3.8, 4) is 0 Å². The van der Waals surface area contributed by atoms with Crippen molar-refractivity contribution in [2.24, 2.45) is 0 Å². The molecular formula is C14H15FN2. The van der Waals surface area contributed by atoms with Crippen LogP contribution in [0.5, 0.6) is 0 Å². The third kappa shape index (κ3) is 1.75. The molecule has 1 N–H and O–H groups in total. The molecule has 0 bridgehead atoms. The van der Waals surface area contributed by atoms with Crippen LogP contribution in [0.25, 0.3) is 0 Å². The SMILES string of the molecule is CC(c1cccc(F)c1)c1n[nH]c2c1CCC2. The van der Waals surface area contributed by atoms with Crippen LogP contribution in [0, 0.1) is 5.82 Å². The zero-order valence-corrected chi connectivity index (χ0v) is 9.83. The minimum absolute atomic E-state index is 0.156. The van der Waals surface area contributed by atoms with E-state index >= 15 is 0 Å². The number of H-pyrrole nitrogens is 1. The van der Waals surface area contributed by atoms with Crippen LogP contribution in [-0.4, -0.2) is 10.2 Å². The first-order chi connectivity index (χ1) is 8.25. The predicted octanol–water partition coefficient (Wildman–Crippen LogP) is 3.19. The summed E-state index contributed by atoms with van der Waals surface area (Å²) in [5, 5.41) is 7.50. The van der Waals surface area contributed by atoms with Crippen molar-refractivity contribution in [2.45, 2.75) is 32.1 Å². The molecule has 2 aromatic rings. The van der Waals surface area contributed by atoms with Crippen molar-refractivity contribution in [3.05, 3.63) is 52.6 Å². The lowest BCUT2D eigenvalue weighted by molar-refractivity contribution is 0.623. The van der Waals surface area contributed by atoms with Gasteiger partial charge < -0.3 is 0 Å². The molecule has 0 fully saturated rings. The summed E-state index contributed by atoms with van der Waals surface area (Å²) in [6.07, 6.45) is 3.39. The van der Waals surface area contributed by atoms with Gasteiger partial charge in [0.1, 0.15) is 5.82 Å². The highest BCUT2D eigenvalue weighted by atomic mass is 19.1. The monoisotopic (exact) mass is 230 g/mol. The van der Waals surface area contributed by atoms with Gasteiger partial charge in [0.15, 0.2) is 0 Å². The number of aryl methyl sites for hydroxylation is 1. The lowest BCUT2D eigenvalue weighted by Crippen LogP contribution is -2.00. The topological polar surface area (TPSA) is 28.7 Å². The Bertz CT molecular complexity index is 545. The standard InChI is InChI=1S/C14H15FN2/c1-9(10-4-2-5-11(15)8-10)14-12-6-3-7-13(12)16-17-14/h2,4-5,8-9H,3,6-7H2,1H3,(H,16,17). The fourth-order valence-corrected chi connectivity index (χ4v) is 2.64. The van der Waals surface area contributed by atoms with Crippen molar-refractivity contribution < 1.29 is 4.39 Å². The molecule has 1 aromatic carbocycles. The number of halogens is 1. The summed E-state index contributed by atoms with van der Waals surface area (Å²) in [5.41, 5.74) is 4.69. The number of rotatable bonds is 2. The number of fused-ring (bicyclic) bond motifs is 1. The number of aromatic nitrogens is 2. The maximum absolute atomic E-state index is 13.2. The average molecular weight is 230 g/mol. The number of nitrogens with one attached hydrogen (secondary N) is 1. The highest BCUT2D eigenvalue weighted by Gasteiger charge is 2.22. The molecule has 17 heavy (non-hydrogen) atoms. The van der Waals surface area contributed by atoms with Gasteiger partial charge in [-0.1, -0.05) is 19.1 Å². The van der Waals surface area contributed by atoms with Gasteiger partial charge in [-0.05, 0) is 42.5 Å². The Labute approximate surface area is 99.9 Å². The fourth-order valence-electron chi connectivity index (χ4n) is 2.64. The maximum Gasteiger partial charge on any atom is 0.123 e. The van der Waals surface area contributed by atoms with Gasteiger partial charge in [0.2, 0.25) is 0 Å². The normalized spacial score (nSPS) is 15.9. The molecule has 3 rings (SSSR count). The van der Waals surface area contributed by atoms with Crippen molar-refractivity contribution in [1.82, 2.24) is 10.2 Å². The van der Waals surface area contributed by atoms with Crippen LogP contribution in [0.2, 0.25) is 0 Å². The molecule has 1 unspecified atom stereocenters. The number of aromatic amines is 1. The van der Waals surface area contributed by atoms with Gasteiger partial charge in [0.05, 0.1) is 5.69 Å². The highest BCUT2D eigenvalue weighted by Crippen LogP contribution is 2.31. The number of nitrogens with zero attached hydrogens (tertiary/aromatic N) is 1. The molecule has 0 amide bonds. The second-order valence-electron chi connectivity index (χ2n) is 4.70. The Morgan fingerprint density at radius 2 is 2.24 bits per heavy atom. The largest absolute Gasteiger partial charge is 0.282 e. The van der Waals surface area contributed by atoms with Crippen LogP contribution in [0.4, 0.5) is 4.39 Å². The van der Waals surface area contributed by atoms with Gasteiger partial charge in [-0.2, -0.15) is 5.10 Å². The van der Waals surface area contributed by atoms with Gasteiger partial charge in [0, 0.05) is 11.6 Å². The molecule has 2 nitrogen and oxygen atoms in total. The summed E-state index contributed by atoms with van der Waals surface area (Å²) in [7, 11) is 0. The van der Waals surface area contributed by atoms with Gasteiger partial charge in [-0.3, -0.25) is 5.10 Å². The van der Waals surface area contributed by atoms with Crippen LogP contribution in [0.15, 0.2) is 24.3 Å². The van der Waals surface area contributed by atoms with Gasteiger partial charge >= 0.3 is 0 Å². The summed E-state index contributed by atoms with van der Waals surface area (Å²) in [6.45, 7) is 2.09. The second kappa shape index (κ2) is 3.99. The quantitative estimate of drug-likeness (QED) is 0.843. The van der Waals surface area contributed by atoms with E-state index in [1.54, 1.807) is 12.1 Å². The Morgan fingerprint density at radius 1 is 1.35 bits per heavy atom. The second-order valence-corrected chi connectivity index (χ2v) is 4.70. The Kier molecular flexibility index (Phi) is 2.46. The number of benzene rings is 1. The predicted molar refractivity (Wildman–Crippen MR) is 64.5 cm³/mol. The van der Waals surface area contributed by atoms with Crippen molar-refractivity contribution >= 4 is 0 Å². The van der Waals surface area contributed by atoms with Crippen LogP contribution < -0.4 is 0 Å². The summed E-state index contributed by atoms with van der Waals surface area (Å²) >= 11 is 0. The molecule has 0 radical (unpaired) electrons.